The number of amidine groups is 1. The van der Waals surface area contributed by atoms with Crippen molar-refractivity contribution in [2.45, 2.75) is 13.3 Å². The van der Waals surface area contributed by atoms with E-state index in [1.165, 1.54) is 5.56 Å². The molecule has 0 aliphatic carbocycles. The Morgan fingerprint density at radius 1 is 1.18 bits per heavy atom. The fraction of sp³-hybridized carbons (Fsp3) is 0.143. The van der Waals surface area contributed by atoms with Gasteiger partial charge in [0.25, 0.3) is 0 Å². The molecule has 0 unspecified atom stereocenters. The molecule has 0 saturated carbocycles. The van der Waals surface area contributed by atoms with E-state index >= 15 is 0 Å². The number of hydrogen-bond acceptors (Lipinski definition) is 2. The molecule has 1 aromatic heterocycles. The highest BCUT2D eigenvalue weighted by Crippen LogP contribution is 2.22. The van der Waals surface area contributed by atoms with Crippen LogP contribution in [0.5, 0.6) is 0 Å². The van der Waals surface area contributed by atoms with Crippen molar-refractivity contribution in [1.29, 1.82) is 5.41 Å². The SMILES string of the molecule is CCc1ccccc1-c1cccc(C(=N)N)n1. The standard InChI is InChI=1S/C14H15N3/c1-2-10-6-3-4-7-11(10)12-8-5-9-13(17-12)14(15)16/h3-9H,2H2,1H3,(H3,15,16). The molecule has 3 N–H and O–H groups in total. The molecule has 0 amide bonds. The second kappa shape index (κ2) is 4.78. The summed E-state index contributed by atoms with van der Waals surface area (Å²) in [6.07, 6.45) is 0.960. The molecule has 3 heteroatoms. The lowest BCUT2D eigenvalue weighted by molar-refractivity contribution is 1.13. The van der Waals surface area contributed by atoms with E-state index in [2.05, 4.69) is 18.0 Å². The van der Waals surface area contributed by atoms with Gasteiger partial charge in [-0.25, -0.2) is 4.98 Å². The lowest BCUT2D eigenvalue weighted by Crippen LogP contribution is -2.13. The minimum atomic E-state index is 0.000768. The number of nitrogens with two attached hydrogens (primary N) is 1. The van der Waals surface area contributed by atoms with Crippen molar-refractivity contribution in [2.75, 3.05) is 0 Å². The Bertz CT molecular complexity index is 547. The van der Waals surface area contributed by atoms with Crippen LogP contribution in [0.3, 0.4) is 0 Å². The number of hydrogen-bond donors (Lipinski definition) is 2. The molecule has 3 nitrogen and oxygen atoms in total. The van der Waals surface area contributed by atoms with Gasteiger partial charge in [0.15, 0.2) is 0 Å². The van der Waals surface area contributed by atoms with Crippen molar-refractivity contribution in [3.05, 3.63) is 53.7 Å². The fourth-order valence-electron chi connectivity index (χ4n) is 1.81. The molecular formula is C14H15N3. The van der Waals surface area contributed by atoms with E-state index in [1.54, 1.807) is 6.07 Å². The third-order valence-electron chi connectivity index (χ3n) is 2.70. The van der Waals surface area contributed by atoms with E-state index < -0.39 is 0 Å². The molecular weight excluding hydrogens is 210 g/mol. The van der Waals surface area contributed by atoms with E-state index in [4.69, 9.17) is 11.1 Å². The summed E-state index contributed by atoms with van der Waals surface area (Å²) in [5.74, 6) is 0.000768. The van der Waals surface area contributed by atoms with E-state index in [9.17, 15) is 0 Å². The number of aromatic nitrogens is 1. The van der Waals surface area contributed by atoms with Gasteiger partial charge in [-0.15, -0.1) is 0 Å². The van der Waals surface area contributed by atoms with Gasteiger partial charge in [-0.3, -0.25) is 5.41 Å². The van der Waals surface area contributed by atoms with E-state index in [0.717, 1.165) is 17.7 Å². The zero-order valence-electron chi connectivity index (χ0n) is 9.77. The van der Waals surface area contributed by atoms with Crippen molar-refractivity contribution < 1.29 is 0 Å². The first-order valence-corrected chi connectivity index (χ1v) is 5.62. The fourth-order valence-corrected chi connectivity index (χ4v) is 1.81. The largest absolute Gasteiger partial charge is 0.382 e. The lowest BCUT2D eigenvalue weighted by Gasteiger charge is -2.08. The first kappa shape index (κ1) is 11.3. The highest BCUT2D eigenvalue weighted by molar-refractivity contribution is 5.93. The third kappa shape index (κ3) is 2.33. The van der Waals surface area contributed by atoms with E-state index in [0.29, 0.717) is 5.69 Å². The van der Waals surface area contributed by atoms with Gasteiger partial charge in [-0.05, 0) is 24.1 Å². The van der Waals surface area contributed by atoms with Crippen LogP contribution in [-0.4, -0.2) is 10.8 Å². The summed E-state index contributed by atoms with van der Waals surface area (Å²) in [4.78, 5) is 4.40. The molecule has 0 aliphatic heterocycles. The second-order valence-electron chi connectivity index (χ2n) is 3.83. The van der Waals surface area contributed by atoms with E-state index in [1.807, 2.05) is 30.3 Å². The number of rotatable bonds is 3. The van der Waals surface area contributed by atoms with Crippen LogP contribution in [0, 0.1) is 5.41 Å². The summed E-state index contributed by atoms with van der Waals surface area (Å²) < 4.78 is 0. The normalized spacial score (nSPS) is 10.2. The molecule has 0 spiro atoms. The smallest absolute Gasteiger partial charge is 0.141 e. The van der Waals surface area contributed by atoms with Gasteiger partial charge in [0.2, 0.25) is 0 Å². The number of nitrogens with zero attached hydrogens (tertiary/aromatic N) is 1. The molecule has 2 rings (SSSR count). The Balaban J connectivity index is 2.52. The number of aryl methyl sites for hydroxylation is 1. The van der Waals surface area contributed by atoms with Gasteiger partial charge in [-0.2, -0.15) is 0 Å². The van der Waals surface area contributed by atoms with Gasteiger partial charge < -0.3 is 5.73 Å². The Morgan fingerprint density at radius 3 is 2.65 bits per heavy atom. The quantitative estimate of drug-likeness (QED) is 0.623. The maximum absolute atomic E-state index is 7.41. The Kier molecular flexibility index (Phi) is 3.19. The van der Waals surface area contributed by atoms with Gasteiger partial charge >= 0.3 is 0 Å². The molecule has 2 aromatic rings. The summed E-state index contributed by atoms with van der Waals surface area (Å²) in [7, 11) is 0. The zero-order valence-corrected chi connectivity index (χ0v) is 9.77. The molecule has 0 saturated heterocycles. The molecule has 86 valence electrons. The Morgan fingerprint density at radius 2 is 1.94 bits per heavy atom. The summed E-state index contributed by atoms with van der Waals surface area (Å²) in [6, 6.07) is 13.7. The highest BCUT2D eigenvalue weighted by Gasteiger charge is 2.06. The van der Waals surface area contributed by atoms with Crippen molar-refractivity contribution in [3.8, 4) is 11.3 Å². The summed E-state index contributed by atoms with van der Waals surface area (Å²) in [6.45, 7) is 2.12. The molecule has 1 aromatic carbocycles. The second-order valence-corrected chi connectivity index (χ2v) is 3.83. The maximum atomic E-state index is 7.41. The van der Waals surface area contributed by atoms with Crippen LogP contribution >= 0.6 is 0 Å². The van der Waals surface area contributed by atoms with Crippen LogP contribution in [0.2, 0.25) is 0 Å². The molecule has 1 heterocycles. The van der Waals surface area contributed by atoms with Crippen LogP contribution in [0.1, 0.15) is 18.2 Å². The summed E-state index contributed by atoms with van der Waals surface area (Å²) in [5.41, 5.74) is 9.20. The first-order valence-electron chi connectivity index (χ1n) is 5.62. The molecule has 0 radical (unpaired) electrons. The summed E-state index contributed by atoms with van der Waals surface area (Å²) in [5, 5.41) is 7.41. The third-order valence-corrected chi connectivity index (χ3v) is 2.70. The molecule has 17 heavy (non-hydrogen) atoms. The molecule has 0 fully saturated rings. The topological polar surface area (TPSA) is 62.8 Å². The van der Waals surface area contributed by atoms with Crippen molar-refractivity contribution in [3.63, 3.8) is 0 Å². The highest BCUT2D eigenvalue weighted by atomic mass is 14.8. The maximum Gasteiger partial charge on any atom is 0.141 e. The average molecular weight is 225 g/mol. The Labute approximate surface area is 101 Å². The van der Waals surface area contributed by atoms with Crippen molar-refractivity contribution in [2.24, 2.45) is 5.73 Å². The van der Waals surface area contributed by atoms with Crippen LogP contribution in [0.25, 0.3) is 11.3 Å². The predicted molar refractivity (Wildman–Crippen MR) is 70.1 cm³/mol. The van der Waals surface area contributed by atoms with Gasteiger partial charge in [0.1, 0.15) is 11.5 Å². The van der Waals surface area contributed by atoms with Crippen LogP contribution < -0.4 is 5.73 Å². The minimum absolute atomic E-state index is 0.000768. The van der Waals surface area contributed by atoms with Crippen molar-refractivity contribution in [1.82, 2.24) is 4.98 Å². The zero-order chi connectivity index (χ0) is 12.3. The summed E-state index contributed by atoms with van der Waals surface area (Å²) >= 11 is 0. The van der Waals surface area contributed by atoms with Crippen LogP contribution in [0.15, 0.2) is 42.5 Å². The first-order chi connectivity index (χ1) is 8.22. The van der Waals surface area contributed by atoms with Gasteiger partial charge in [0.05, 0.1) is 5.69 Å². The number of pyridine rings is 1. The van der Waals surface area contributed by atoms with Crippen LogP contribution in [0.4, 0.5) is 0 Å². The molecule has 0 atom stereocenters. The number of nitrogen functional groups attached to an aromatic ring is 1. The Hall–Kier alpha value is -2.16. The monoisotopic (exact) mass is 225 g/mol. The predicted octanol–water partition coefficient (Wildman–Crippen LogP) is 2.60. The average Bonchev–Trinajstić information content (AvgIpc) is 2.39. The van der Waals surface area contributed by atoms with E-state index in [-0.39, 0.29) is 5.84 Å². The van der Waals surface area contributed by atoms with Gasteiger partial charge in [0, 0.05) is 5.56 Å². The molecule has 0 bridgehead atoms. The van der Waals surface area contributed by atoms with Gasteiger partial charge in [-0.1, -0.05) is 37.3 Å². The molecule has 0 aliphatic rings. The number of nitrogens with one attached hydrogen (secondary N) is 1. The van der Waals surface area contributed by atoms with Crippen LogP contribution in [-0.2, 0) is 6.42 Å². The lowest BCUT2D eigenvalue weighted by atomic mass is 10.0. The number of benzene rings is 1. The minimum Gasteiger partial charge on any atom is -0.382 e. The van der Waals surface area contributed by atoms with Crippen molar-refractivity contribution >= 4 is 5.84 Å².